The number of aromatic nitrogens is 3. The van der Waals surface area contributed by atoms with E-state index in [1.807, 2.05) is 24.1 Å². The lowest BCUT2D eigenvalue weighted by Crippen LogP contribution is -2.24. The first-order valence-electron chi connectivity index (χ1n) is 5.88. The van der Waals surface area contributed by atoms with E-state index in [4.69, 9.17) is 10.5 Å². The molecule has 0 atom stereocenters. The Kier molecular flexibility index (Phi) is 4.38. The zero-order valence-electron chi connectivity index (χ0n) is 10.4. The van der Waals surface area contributed by atoms with Gasteiger partial charge in [-0.3, -0.25) is 4.98 Å². The first-order chi connectivity index (χ1) is 8.81. The molecule has 0 unspecified atom stereocenters. The van der Waals surface area contributed by atoms with Crippen molar-refractivity contribution in [2.45, 2.75) is 0 Å². The Morgan fingerprint density at radius 3 is 2.89 bits per heavy atom. The molecule has 18 heavy (non-hydrogen) atoms. The van der Waals surface area contributed by atoms with Crippen LogP contribution in [0.5, 0.6) is 0 Å². The van der Waals surface area contributed by atoms with Crippen LogP contribution < -0.4 is 10.6 Å². The topological polar surface area (TPSA) is 77.2 Å². The minimum absolute atomic E-state index is 0.549. The van der Waals surface area contributed by atoms with Gasteiger partial charge in [-0.05, 0) is 12.1 Å². The van der Waals surface area contributed by atoms with Crippen molar-refractivity contribution in [2.75, 3.05) is 38.3 Å². The number of anilines is 1. The number of likely N-dealkylation sites (N-methyl/N-ethyl adjacent to an activating group) is 1. The number of ether oxygens (including phenoxy) is 1. The highest BCUT2D eigenvalue weighted by molar-refractivity contribution is 5.71. The predicted molar refractivity (Wildman–Crippen MR) is 70.5 cm³/mol. The fourth-order valence-electron chi connectivity index (χ4n) is 1.56. The molecular formula is C12H17N5O. The summed E-state index contributed by atoms with van der Waals surface area (Å²) in [5.74, 6) is 0.861. The van der Waals surface area contributed by atoms with Crippen LogP contribution >= 0.6 is 0 Å². The molecule has 0 amide bonds. The number of pyridine rings is 1. The Balaban J connectivity index is 2.01. The molecule has 2 aromatic heterocycles. The third kappa shape index (κ3) is 3.12. The fraction of sp³-hybridized carbons (Fsp3) is 0.417. The minimum atomic E-state index is 0.549. The molecule has 6 nitrogen and oxygen atoms in total. The first-order valence-corrected chi connectivity index (χ1v) is 5.88. The van der Waals surface area contributed by atoms with Gasteiger partial charge < -0.3 is 15.4 Å². The van der Waals surface area contributed by atoms with Gasteiger partial charge in [-0.2, -0.15) is 0 Å². The van der Waals surface area contributed by atoms with Crippen molar-refractivity contribution in [1.29, 1.82) is 0 Å². The van der Waals surface area contributed by atoms with Gasteiger partial charge in [0.1, 0.15) is 11.3 Å². The number of fused-ring (bicyclic) bond motifs is 1. The Hall–Kier alpha value is -1.79. The van der Waals surface area contributed by atoms with Gasteiger partial charge in [0, 0.05) is 32.5 Å². The van der Waals surface area contributed by atoms with Gasteiger partial charge in [0.05, 0.1) is 13.2 Å². The summed E-state index contributed by atoms with van der Waals surface area (Å²) in [7, 11) is 1.97. The average molecular weight is 247 g/mol. The Bertz CT molecular complexity index is 505. The predicted octanol–water partition coefficient (Wildman–Crippen LogP) is 0.436. The Morgan fingerprint density at radius 1 is 1.22 bits per heavy atom. The van der Waals surface area contributed by atoms with E-state index in [1.165, 1.54) is 0 Å². The van der Waals surface area contributed by atoms with E-state index in [1.54, 1.807) is 12.4 Å². The second-order valence-electron chi connectivity index (χ2n) is 3.89. The van der Waals surface area contributed by atoms with Crippen LogP contribution in [0.1, 0.15) is 0 Å². The molecule has 6 heteroatoms. The van der Waals surface area contributed by atoms with Gasteiger partial charge in [0.15, 0.2) is 5.65 Å². The second kappa shape index (κ2) is 6.23. The van der Waals surface area contributed by atoms with Gasteiger partial charge in [-0.25, -0.2) is 9.97 Å². The summed E-state index contributed by atoms with van der Waals surface area (Å²) < 4.78 is 5.34. The van der Waals surface area contributed by atoms with Crippen molar-refractivity contribution >= 4 is 17.0 Å². The Morgan fingerprint density at radius 2 is 2.06 bits per heavy atom. The van der Waals surface area contributed by atoms with E-state index in [9.17, 15) is 0 Å². The number of nitrogens with two attached hydrogens (primary N) is 1. The zero-order chi connectivity index (χ0) is 12.8. The van der Waals surface area contributed by atoms with E-state index in [0.717, 1.165) is 17.9 Å². The maximum Gasteiger partial charge on any atom is 0.180 e. The first kappa shape index (κ1) is 12.7. The average Bonchev–Trinajstić information content (AvgIpc) is 2.43. The van der Waals surface area contributed by atoms with Crippen molar-refractivity contribution in [2.24, 2.45) is 5.73 Å². The molecule has 0 aliphatic carbocycles. The van der Waals surface area contributed by atoms with Crippen LogP contribution in [0.25, 0.3) is 11.2 Å². The largest absolute Gasteiger partial charge is 0.378 e. The van der Waals surface area contributed by atoms with Gasteiger partial charge in [0.25, 0.3) is 0 Å². The third-order valence-corrected chi connectivity index (χ3v) is 2.54. The molecule has 0 saturated heterocycles. The highest BCUT2D eigenvalue weighted by Crippen LogP contribution is 2.13. The van der Waals surface area contributed by atoms with Crippen LogP contribution in [0.3, 0.4) is 0 Å². The standard InChI is InChI=1S/C12H17N5O/c1-17(7-9-18-8-4-13)11-3-2-10-12(16-11)15-6-5-14-10/h2-3,5-6H,4,7-9,13H2,1H3. The molecule has 2 heterocycles. The SMILES string of the molecule is CN(CCOCCN)c1ccc2nccnc2n1. The quantitative estimate of drug-likeness (QED) is 0.746. The molecule has 0 aromatic carbocycles. The van der Waals surface area contributed by atoms with Crippen molar-refractivity contribution in [3.63, 3.8) is 0 Å². The lowest BCUT2D eigenvalue weighted by molar-refractivity contribution is 0.148. The summed E-state index contributed by atoms with van der Waals surface area (Å²) >= 11 is 0. The lowest BCUT2D eigenvalue weighted by Gasteiger charge is -2.17. The summed E-state index contributed by atoms with van der Waals surface area (Å²) in [6, 6.07) is 3.85. The van der Waals surface area contributed by atoms with Crippen LogP contribution in [0.2, 0.25) is 0 Å². The summed E-state index contributed by atoms with van der Waals surface area (Å²) in [6.45, 7) is 2.53. The fourth-order valence-corrected chi connectivity index (χ4v) is 1.56. The van der Waals surface area contributed by atoms with Crippen molar-refractivity contribution in [3.8, 4) is 0 Å². The van der Waals surface area contributed by atoms with E-state index >= 15 is 0 Å². The van der Waals surface area contributed by atoms with E-state index in [-0.39, 0.29) is 0 Å². The van der Waals surface area contributed by atoms with Crippen LogP contribution in [0.4, 0.5) is 5.82 Å². The van der Waals surface area contributed by atoms with Crippen LogP contribution in [-0.2, 0) is 4.74 Å². The number of rotatable bonds is 6. The highest BCUT2D eigenvalue weighted by Gasteiger charge is 2.04. The normalized spacial score (nSPS) is 10.8. The molecule has 0 saturated carbocycles. The summed E-state index contributed by atoms with van der Waals surface area (Å²) in [4.78, 5) is 14.8. The van der Waals surface area contributed by atoms with Crippen LogP contribution in [-0.4, -0.2) is 48.3 Å². The van der Waals surface area contributed by atoms with Gasteiger partial charge in [-0.15, -0.1) is 0 Å². The molecule has 2 aromatic rings. The van der Waals surface area contributed by atoms with Gasteiger partial charge >= 0.3 is 0 Å². The molecule has 0 bridgehead atoms. The van der Waals surface area contributed by atoms with Gasteiger partial charge in [0.2, 0.25) is 0 Å². The maximum absolute atomic E-state index is 5.35. The molecular weight excluding hydrogens is 230 g/mol. The Labute approximate surface area is 106 Å². The lowest BCUT2D eigenvalue weighted by atomic mass is 10.4. The molecule has 0 aliphatic heterocycles. The molecule has 0 spiro atoms. The smallest absolute Gasteiger partial charge is 0.180 e. The van der Waals surface area contributed by atoms with E-state index in [0.29, 0.717) is 25.4 Å². The number of nitrogens with zero attached hydrogens (tertiary/aromatic N) is 4. The van der Waals surface area contributed by atoms with Gasteiger partial charge in [-0.1, -0.05) is 0 Å². The summed E-state index contributed by atoms with van der Waals surface area (Å²) in [5.41, 5.74) is 6.81. The van der Waals surface area contributed by atoms with Crippen LogP contribution in [0, 0.1) is 0 Å². The summed E-state index contributed by atoms with van der Waals surface area (Å²) in [6.07, 6.45) is 3.30. The molecule has 0 radical (unpaired) electrons. The maximum atomic E-state index is 5.35. The molecule has 0 aliphatic rings. The van der Waals surface area contributed by atoms with E-state index < -0.39 is 0 Å². The molecule has 96 valence electrons. The van der Waals surface area contributed by atoms with Crippen molar-refractivity contribution < 1.29 is 4.74 Å². The molecule has 2 rings (SSSR count). The second-order valence-corrected chi connectivity index (χ2v) is 3.89. The minimum Gasteiger partial charge on any atom is -0.378 e. The monoisotopic (exact) mass is 247 g/mol. The van der Waals surface area contributed by atoms with E-state index in [2.05, 4.69) is 15.0 Å². The third-order valence-electron chi connectivity index (χ3n) is 2.54. The number of hydrogen-bond acceptors (Lipinski definition) is 6. The summed E-state index contributed by atoms with van der Waals surface area (Å²) in [5, 5.41) is 0. The number of hydrogen-bond donors (Lipinski definition) is 1. The zero-order valence-corrected chi connectivity index (χ0v) is 10.4. The van der Waals surface area contributed by atoms with Crippen molar-refractivity contribution in [3.05, 3.63) is 24.5 Å². The molecule has 0 fully saturated rings. The van der Waals surface area contributed by atoms with Crippen LogP contribution in [0.15, 0.2) is 24.5 Å². The molecule has 2 N–H and O–H groups in total. The van der Waals surface area contributed by atoms with Crippen molar-refractivity contribution in [1.82, 2.24) is 15.0 Å². The highest BCUT2D eigenvalue weighted by atomic mass is 16.5.